The van der Waals surface area contributed by atoms with E-state index in [0.29, 0.717) is 18.7 Å². The summed E-state index contributed by atoms with van der Waals surface area (Å²) in [7, 11) is 0. The summed E-state index contributed by atoms with van der Waals surface area (Å²) < 4.78 is 0. The van der Waals surface area contributed by atoms with E-state index >= 15 is 0 Å². The van der Waals surface area contributed by atoms with Crippen molar-refractivity contribution in [3.8, 4) is 11.1 Å². The van der Waals surface area contributed by atoms with Crippen LogP contribution in [-0.4, -0.2) is 41.2 Å². The molecule has 0 saturated carbocycles. The molecule has 0 radical (unpaired) electrons. The summed E-state index contributed by atoms with van der Waals surface area (Å²) in [6.45, 7) is 3.17. The molecule has 1 aromatic heterocycles. The first-order chi connectivity index (χ1) is 14.6. The average Bonchev–Trinajstić information content (AvgIpc) is 3.18. The zero-order chi connectivity index (χ0) is 20.7. The Morgan fingerprint density at radius 3 is 2.59 bits per heavy atom. The predicted molar refractivity (Wildman–Crippen MR) is 134 cm³/mol. The highest BCUT2D eigenvalue weighted by atomic mass is 35.5. The number of nitrogens with one attached hydrogen (secondary N) is 2. The van der Waals surface area contributed by atoms with Gasteiger partial charge in [-0.2, -0.15) is 0 Å². The molecule has 2 atom stereocenters. The van der Waals surface area contributed by atoms with Crippen LogP contribution in [0.3, 0.4) is 0 Å². The van der Waals surface area contributed by atoms with Crippen LogP contribution in [-0.2, 0) is 0 Å². The monoisotopic (exact) mass is 469 g/mol. The topological polar surface area (TPSA) is 74.2 Å². The van der Waals surface area contributed by atoms with E-state index < -0.39 is 6.10 Å². The zero-order valence-electron chi connectivity index (χ0n) is 17.5. The third-order valence-corrected chi connectivity index (χ3v) is 5.88. The second kappa shape index (κ2) is 9.84. The minimum atomic E-state index is -0.546. The minimum absolute atomic E-state index is 0. The van der Waals surface area contributed by atoms with Crippen LogP contribution in [0.15, 0.2) is 66.9 Å². The molecular formula is C25H25Cl2N3O2. The van der Waals surface area contributed by atoms with Crippen molar-refractivity contribution in [2.75, 3.05) is 13.1 Å². The van der Waals surface area contributed by atoms with E-state index in [0.717, 1.165) is 38.4 Å². The maximum Gasteiger partial charge on any atom is 0.251 e. The number of aliphatic hydroxyl groups is 1. The second-order valence-corrected chi connectivity index (χ2v) is 7.91. The van der Waals surface area contributed by atoms with Gasteiger partial charge in [-0.3, -0.25) is 9.78 Å². The number of β-amino-alcohol motifs (C(OH)–C–C–N with tert-alkyl or cyclic N) is 1. The Labute approximate surface area is 199 Å². The fourth-order valence-electron chi connectivity index (χ4n) is 4.18. The lowest BCUT2D eigenvalue weighted by molar-refractivity contribution is 0.0889. The van der Waals surface area contributed by atoms with Crippen molar-refractivity contribution in [2.24, 2.45) is 0 Å². The van der Waals surface area contributed by atoms with Crippen molar-refractivity contribution < 1.29 is 9.90 Å². The second-order valence-electron chi connectivity index (χ2n) is 7.91. The van der Waals surface area contributed by atoms with Gasteiger partial charge in [0.2, 0.25) is 0 Å². The van der Waals surface area contributed by atoms with Crippen molar-refractivity contribution in [1.29, 1.82) is 0 Å². The van der Waals surface area contributed by atoms with Crippen molar-refractivity contribution in [1.82, 2.24) is 15.6 Å². The fourth-order valence-corrected chi connectivity index (χ4v) is 4.18. The molecule has 0 unspecified atom stereocenters. The van der Waals surface area contributed by atoms with Gasteiger partial charge in [-0.05, 0) is 58.7 Å². The molecule has 7 heteroatoms. The van der Waals surface area contributed by atoms with Crippen LogP contribution in [0.4, 0.5) is 0 Å². The van der Waals surface area contributed by atoms with Gasteiger partial charge in [-0.15, -0.1) is 24.8 Å². The van der Waals surface area contributed by atoms with Gasteiger partial charge in [0.1, 0.15) is 0 Å². The third kappa shape index (κ3) is 4.43. The van der Waals surface area contributed by atoms with E-state index in [1.807, 2.05) is 30.5 Å². The van der Waals surface area contributed by atoms with E-state index in [1.165, 1.54) is 0 Å². The summed E-state index contributed by atoms with van der Waals surface area (Å²) in [5, 5.41) is 19.1. The van der Waals surface area contributed by atoms with Crippen molar-refractivity contribution in [3.05, 3.63) is 78.0 Å². The standard InChI is InChI=1S/C25H23N3O2.2ClH/c1-15-4-9-20(21-3-2-10-27-24(15)21)18-7-5-17-12-19(8-6-16(17)11-18)25(30)28-22-13-26-14-23(22)29;;/h2-12,22-23,26,29H,13-14H2,1H3,(H,28,30);2*1H/t22-,23-;;/m1../s1. The van der Waals surface area contributed by atoms with Gasteiger partial charge in [-0.25, -0.2) is 0 Å². The molecule has 4 aromatic rings. The minimum Gasteiger partial charge on any atom is -0.390 e. The summed E-state index contributed by atoms with van der Waals surface area (Å²) in [6, 6.07) is 20.1. The molecule has 1 aliphatic heterocycles. The Kier molecular flexibility index (Phi) is 7.36. The number of carbonyl (C=O) groups excluding carboxylic acids is 1. The Morgan fingerprint density at radius 1 is 1.03 bits per heavy atom. The van der Waals surface area contributed by atoms with E-state index in [-0.39, 0.29) is 36.8 Å². The number of amides is 1. The number of benzene rings is 3. The lowest BCUT2D eigenvalue weighted by atomic mass is 9.95. The first-order valence-corrected chi connectivity index (χ1v) is 10.2. The fraction of sp³-hybridized carbons (Fsp3) is 0.200. The smallest absolute Gasteiger partial charge is 0.251 e. The molecule has 3 aromatic carbocycles. The maximum absolute atomic E-state index is 12.6. The Hall–Kier alpha value is -2.70. The molecule has 166 valence electrons. The zero-order valence-corrected chi connectivity index (χ0v) is 19.2. The van der Waals surface area contributed by atoms with Crippen LogP contribution in [0, 0.1) is 6.92 Å². The van der Waals surface area contributed by atoms with E-state index in [1.54, 1.807) is 0 Å². The largest absolute Gasteiger partial charge is 0.390 e. The normalized spacial score (nSPS) is 17.6. The number of hydrogen-bond donors (Lipinski definition) is 3. The Bertz CT molecular complexity index is 1280. The van der Waals surface area contributed by atoms with Crippen molar-refractivity contribution in [3.63, 3.8) is 0 Å². The average molecular weight is 470 g/mol. The number of pyridine rings is 1. The molecule has 0 bridgehead atoms. The quantitative estimate of drug-likeness (QED) is 0.418. The van der Waals surface area contributed by atoms with Crippen molar-refractivity contribution in [2.45, 2.75) is 19.1 Å². The Balaban J connectivity index is 0.00000144. The summed E-state index contributed by atoms with van der Waals surface area (Å²) in [4.78, 5) is 17.1. The van der Waals surface area contributed by atoms with E-state index in [2.05, 4.69) is 58.9 Å². The number of nitrogens with zero attached hydrogens (tertiary/aromatic N) is 1. The first-order valence-electron chi connectivity index (χ1n) is 10.2. The molecule has 1 aliphatic rings. The lowest BCUT2D eigenvalue weighted by Gasteiger charge is -2.15. The molecule has 1 fully saturated rings. The molecule has 1 amide bonds. The highest BCUT2D eigenvalue weighted by Crippen LogP contribution is 2.31. The number of aryl methyl sites for hydroxylation is 1. The Morgan fingerprint density at radius 2 is 1.81 bits per heavy atom. The van der Waals surface area contributed by atoms with Gasteiger partial charge in [0.25, 0.3) is 5.91 Å². The van der Waals surface area contributed by atoms with Crippen LogP contribution in [0.1, 0.15) is 15.9 Å². The summed E-state index contributed by atoms with van der Waals surface area (Å²) >= 11 is 0. The van der Waals surface area contributed by atoms with Gasteiger partial charge >= 0.3 is 0 Å². The predicted octanol–water partition coefficient (Wildman–Crippen LogP) is 4.27. The summed E-state index contributed by atoms with van der Waals surface area (Å²) in [5.41, 5.74) is 5.05. The molecule has 2 heterocycles. The van der Waals surface area contributed by atoms with Gasteiger partial charge < -0.3 is 15.7 Å². The van der Waals surface area contributed by atoms with Crippen molar-refractivity contribution >= 4 is 52.4 Å². The molecule has 3 N–H and O–H groups in total. The molecule has 32 heavy (non-hydrogen) atoms. The molecular weight excluding hydrogens is 445 g/mol. The number of aliphatic hydroxyl groups excluding tert-OH is 1. The number of rotatable bonds is 3. The number of carbonyl (C=O) groups is 1. The van der Waals surface area contributed by atoms with Crippen LogP contribution >= 0.6 is 24.8 Å². The molecule has 5 rings (SSSR count). The van der Waals surface area contributed by atoms with Gasteiger partial charge in [-0.1, -0.05) is 36.4 Å². The van der Waals surface area contributed by atoms with Crippen LogP contribution in [0.2, 0.25) is 0 Å². The van der Waals surface area contributed by atoms with Crippen LogP contribution in [0.5, 0.6) is 0 Å². The summed E-state index contributed by atoms with van der Waals surface area (Å²) in [5.74, 6) is -0.163. The number of fused-ring (bicyclic) bond motifs is 2. The number of hydrogen-bond acceptors (Lipinski definition) is 4. The molecule has 5 nitrogen and oxygen atoms in total. The van der Waals surface area contributed by atoms with Gasteiger partial charge in [0, 0.05) is 30.2 Å². The molecule has 1 saturated heterocycles. The van der Waals surface area contributed by atoms with Crippen LogP contribution in [0.25, 0.3) is 32.8 Å². The number of aromatic nitrogens is 1. The summed E-state index contributed by atoms with van der Waals surface area (Å²) in [6.07, 6.45) is 1.28. The highest BCUT2D eigenvalue weighted by molar-refractivity contribution is 6.01. The molecule has 0 aliphatic carbocycles. The third-order valence-electron chi connectivity index (χ3n) is 5.88. The molecule has 0 spiro atoms. The van der Waals surface area contributed by atoms with Gasteiger partial charge in [0.15, 0.2) is 0 Å². The van der Waals surface area contributed by atoms with Gasteiger partial charge in [0.05, 0.1) is 17.7 Å². The SMILES string of the molecule is Cc1ccc(-c2ccc3cc(C(=O)N[C@@H]4CNC[C@H]4O)ccc3c2)c2cccnc12.Cl.Cl. The van der Waals surface area contributed by atoms with E-state index in [9.17, 15) is 9.90 Å². The highest BCUT2D eigenvalue weighted by Gasteiger charge is 2.26. The van der Waals surface area contributed by atoms with E-state index in [4.69, 9.17) is 0 Å². The van der Waals surface area contributed by atoms with Crippen LogP contribution < -0.4 is 10.6 Å². The lowest BCUT2D eigenvalue weighted by Crippen LogP contribution is -2.42. The first kappa shape index (κ1) is 24.0. The maximum atomic E-state index is 12.6. The number of halogens is 2.